The molecule has 0 radical (unpaired) electrons. The van der Waals surface area contributed by atoms with Gasteiger partial charge in [-0.15, -0.1) is 0 Å². The number of phenolic OH excluding ortho intramolecular Hbond substituents is 1. The predicted octanol–water partition coefficient (Wildman–Crippen LogP) is 3.84. The molecule has 23 heavy (non-hydrogen) atoms. The Morgan fingerprint density at radius 1 is 1.39 bits per heavy atom. The first kappa shape index (κ1) is 16.9. The molecule has 0 saturated carbocycles. The predicted molar refractivity (Wildman–Crippen MR) is 85.2 cm³/mol. The van der Waals surface area contributed by atoms with Gasteiger partial charge in [0, 0.05) is 5.56 Å². The van der Waals surface area contributed by atoms with Gasteiger partial charge in [0.1, 0.15) is 11.4 Å². The Bertz CT molecular complexity index is 716. The Hall–Kier alpha value is -2.47. The smallest absolute Gasteiger partial charge is 0.256 e. The molecule has 1 amide bonds. The number of hydrogen-bond acceptors (Lipinski definition) is 4. The minimum atomic E-state index is -0.748. The molecule has 0 aromatic heterocycles. The fraction of sp³-hybridized carbons (Fsp3) is 0.188. The minimum absolute atomic E-state index is 0.137. The van der Waals surface area contributed by atoms with Crippen LogP contribution < -0.4 is 14.8 Å². The maximum absolute atomic E-state index is 13.7. The maximum atomic E-state index is 13.7. The summed E-state index contributed by atoms with van der Waals surface area (Å²) in [5.74, 6) is -1.16. The van der Waals surface area contributed by atoms with Crippen LogP contribution >= 0.6 is 11.6 Å². The molecule has 0 spiro atoms. The van der Waals surface area contributed by atoms with E-state index in [4.69, 9.17) is 21.1 Å². The van der Waals surface area contributed by atoms with Crippen LogP contribution in [-0.2, 0) is 0 Å². The van der Waals surface area contributed by atoms with Crippen LogP contribution in [0.1, 0.15) is 17.3 Å². The normalized spacial score (nSPS) is 10.3. The van der Waals surface area contributed by atoms with Crippen molar-refractivity contribution in [3.8, 4) is 17.2 Å². The molecule has 2 rings (SSSR count). The van der Waals surface area contributed by atoms with Gasteiger partial charge in [-0.1, -0.05) is 17.7 Å². The summed E-state index contributed by atoms with van der Waals surface area (Å²) < 4.78 is 24.2. The van der Waals surface area contributed by atoms with Gasteiger partial charge in [0.2, 0.25) is 0 Å². The van der Waals surface area contributed by atoms with E-state index in [0.717, 1.165) is 6.07 Å². The van der Waals surface area contributed by atoms with Crippen LogP contribution in [-0.4, -0.2) is 24.7 Å². The van der Waals surface area contributed by atoms with Crippen molar-refractivity contribution in [3.05, 3.63) is 46.7 Å². The third-order valence-electron chi connectivity index (χ3n) is 3.01. The number of anilines is 1. The molecule has 122 valence electrons. The third-order valence-corrected chi connectivity index (χ3v) is 3.29. The Morgan fingerprint density at radius 3 is 2.74 bits per heavy atom. The molecule has 2 aromatic rings. The highest BCUT2D eigenvalue weighted by atomic mass is 35.5. The number of benzene rings is 2. The molecule has 0 bridgehead atoms. The summed E-state index contributed by atoms with van der Waals surface area (Å²) in [6, 6.07) is 6.52. The van der Waals surface area contributed by atoms with E-state index in [1.54, 1.807) is 6.92 Å². The van der Waals surface area contributed by atoms with Crippen LogP contribution in [0.4, 0.5) is 10.1 Å². The molecule has 5 nitrogen and oxygen atoms in total. The van der Waals surface area contributed by atoms with Gasteiger partial charge in [-0.05, 0) is 31.2 Å². The van der Waals surface area contributed by atoms with Crippen molar-refractivity contribution in [3.63, 3.8) is 0 Å². The highest BCUT2D eigenvalue weighted by Gasteiger charge is 2.18. The van der Waals surface area contributed by atoms with Crippen molar-refractivity contribution in [2.75, 3.05) is 19.0 Å². The molecule has 0 aliphatic rings. The molecule has 2 aromatic carbocycles. The lowest BCUT2D eigenvalue weighted by atomic mass is 10.1. The second kappa shape index (κ2) is 7.19. The van der Waals surface area contributed by atoms with E-state index in [9.17, 15) is 14.3 Å². The number of rotatable bonds is 5. The Balaban J connectivity index is 2.35. The summed E-state index contributed by atoms with van der Waals surface area (Å²) in [5.41, 5.74) is -0.167. The second-order valence-electron chi connectivity index (χ2n) is 4.51. The van der Waals surface area contributed by atoms with Gasteiger partial charge in [0.25, 0.3) is 5.91 Å². The van der Waals surface area contributed by atoms with Crippen molar-refractivity contribution in [1.82, 2.24) is 0 Å². The molecule has 2 N–H and O–H groups in total. The molecule has 7 heteroatoms. The van der Waals surface area contributed by atoms with Gasteiger partial charge >= 0.3 is 0 Å². The molecule has 0 heterocycles. The van der Waals surface area contributed by atoms with Crippen LogP contribution in [0.3, 0.4) is 0 Å². The molecule has 0 unspecified atom stereocenters. The van der Waals surface area contributed by atoms with Gasteiger partial charge in [0.05, 0.1) is 18.7 Å². The Labute approximate surface area is 137 Å². The first-order valence-corrected chi connectivity index (χ1v) is 7.14. The van der Waals surface area contributed by atoms with Crippen LogP contribution in [0.25, 0.3) is 0 Å². The molecule has 0 fully saturated rings. The number of aromatic hydroxyl groups is 1. The van der Waals surface area contributed by atoms with Crippen LogP contribution in [0, 0.1) is 5.82 Å². The number of methoxy groups -OCH3 is 1. The van der Waals surface area contributed by atoms with Crippen molar-refractivity contribution >= 4 is 23.2 Å². The SMILES string of the molecule is CCOc1c(Cl)cc(C(=O)Nc2c(O)cccc2F)cc1OC. The fourth-order valence-electron chi connectivity index (χ4n) is 1.96. The van der Waals surface area contributed by atoms with Crippen molar-refractivity contribution in [2.45, 2.75) is 6.92 Å². The zero-order valence-corrected chi connectivity index (χ0v) is 13.3. The van der Waals surface area contributed by atoms with Crippen molar-refractivity contribution < 1.29 is 23.8 Å². The number of hydrogen-bond donors (Lipinski definition) is 2. The number of nitrogens with one attached hydrogen (secondary N) is 1. The average molecular weight is 340 g/mol. The van der Waals surface area contributed by atoms with Gasteiger partial charge in [-0.25, -0.2) is 4.39 Å². The van der Waals surface area contributed by atoms with Crippen molar-refractivity contribution in [2.24, 2.45) is 0 Å². The lowest BCUT2D eigenvalue weighted by Gasteiger charge is -2.13. The van der Waals surface area contributed by atoms with Crippen molar-refractivity contribution in [1.29, 1.82) is 0 Å². The zero-order valence-electron chi connectivity index (χ0n) is 12.5. The second-order valence-corrected chi connectivity index (χ2v) is 4.92. The van der Waals surface area contributed by atoms with Crippen LogP contribution in [0.2, 0.25) is 5.02 Å². The van der Waals surface area contributed by atoms with E-state index >= 15 is 0 Å². The largest absolute Gasteiger partial charge is 0.506 e. The van der Waals surface area contributed by atoms with Gasteiger partial charge < -0.3 is 19.9 Å². The highest BCUT2D eigenvalue weighted by Crippen LogP contribution is 2.37. The van der Waals surface area contributed by atoms with Gasteiger partial charge in [-0.3, -0.25) is 4.79 Å². The number of ether oxygens (including phenoxy) is 2. The van der Waals surface area contributed by atoms with E-state index in [1.807, 2.05) is 0 Å². The monoisotopic (exact) mass is 339 g/mol. The topological polar surface area (TPSA) is 67.8 Å². The Kier molecular flexibility index (Phi) is 5.28. The number of para-hydroxylation sites is 1. The first-order valence-electron chi connectivity index (χ1n) is 6.77. The zero-order chi connectivity index (χ0) is 17.0. The molecule has 0 atom stereocenters. The first-order chi connectivity index (χ1) is 11.0. The van der Waals surface area contributed by atoms with E-state index < -0.39 is 11.7 Å². The van der Waals surface area contributed by atoms with Gasteiger partial charge in [-0.2, -0.15) is 0 Å². The van der Waals surface area contributed by atoms with Crippen LogP contribution in [0.15, 0.2) is 30.3 Å². The number of phenols is 1. The summed E-state index contributed by atoms with van der Waals surface area (Å²) >= 11 is 6.09. The average Bonchev–Trinajstić information content (AvgIpc) is 2.52. The number of amides is 1. The third kappa shape index (κ3) is 3.65. The quantitative estimate of drug-likeness (QED) is 0.812. The van der Waals surface area contributed by atoms with E-state index in [0.29, 0.717) is 12.4 Å². The number of carbonyl (C=O) groups excluding carboxylic acids is 1. The van der Waals surface area contributed by atoms with E-state index in [1.165, 1.54) is 31.4 Å². The Morgan fingerprint density at radius 2 is 2.13 bits per heavy atom. The summed E-state index contributed by atoms with van der Waals surface area (Å²) in [4.78, 5) is 12.3. The van der Waals surface area contributed by atoms with Crippen LogP contribution in [0.5, 0.6) is 17.2 Å². The lowest BCUT2D eigenvalue weighted by molar-refractivity contribution is 0.102. The fourth-order valence-corrected chi connectivity index (χ4v) is 2.22. The molecule has 0 aliphatic carbocycles. The summed E-state index contributed by atoms with van der Waals surface area (Å²) in [7, 11) is 1.42. The van der Waals surface area contributed by atoms with E-state index in [2.05, 4.69) is 5.32 Å². The van der Waals surface area contributed by atoms with Gasteiger partial charge in [0.15, 0.2) is 17.3 Å². The molecule has 0 aliphatic heterocycles. The lowest BCUT2D eigenvalue weighted by Crippen LogP contribution is -2.13. The maximum Gasteiger partial charge on any atom is 0.256 e. The summed E-state index contributed by atoms with van der Waals surface area (Å²) in [5, 5.41) is 12.1. The molecular weight excluding hydrogens is 325 g/mol. The van der Waals surface area contributed by atoms with E-state index in [-0.39, 0.29) is 27.8 Å². The minimum Gasteiger partial charge on any atom is -0.506 e. The summed E-state index contributed by atoms with van der Waals surface area (Å²) in [6.07, 6.45) is 0. The molecular formula is C16H15ClFNO4. The molecule has 0 saturated heterocycles. The standard InChI is InChI=1S/C16H15ClFNO4/c1-3-23-15-10(17)7-9(8-13(15)22-2)16(21)19-14-11(18)5-4-6-12(14)20/h4-8,20H,3H2,1-2H3,(H,19,21). The summed E-state index contributed by atoms with van der Waals surface area (Å²) in [6.45, 7) is 2.17. The highest BCUT2D eigenvalue weighted by molar-refractivity contribution is 6.32. The number of halogens is 2. The number of carbonyl (C=O) groups is 1.